The normalized spacial score (nSPS) is 11.8. The van der Waals surface area contributed by atoms with Gasteiger partial charge in [-0.05, 0) is 31.5 Å². The van der Waals surface area contributed by atoms with Crippen molar-refractivity contribution in [3.05, 3.63) is 45.6 Å². The topological polar surface area (TPSA) is 81.4 Å². The van der Waals surface area contributed by atoms with Gasteiger partial charge in [0.15, 0.2) is 11.9 Å². The molecule has 2 rings (SSSR count). The van der Waals surface area contributed by atoms with Crippen molar-refractivity contribution in [1.82, 2.24) is 5.16 Å². The van der Waals surface area contributed by atoms with Crippen LogP contribution in [-0.4, -0.2) is 23.1 Å². The Bertz CT molecular complexity index is 730. The van der Waals surface area contributed by atoms with Crippen LogP contribution in [0.1, 0.15) is 29.5 Å². The third-order valence-electron chi connectivity index (χ3n) is 2.95. The van der Waals surface area contributed by atoms with Gasteiger partial charge < -0.3 is 14.6 Å². The van der Waals surface area contributed by atoms with Gasteiger partial charge in [-0.25, -0.2) is 4.79 Å². The lowest BCUT2D eigenvalue weighted by Gasteiger charge is -2.15. The van der Waals surface area contributed by atoms with E-state index < -0.39 is 18.0 Å². The Morgan fingerprint density at radius 1 is 1.30 bits per heavy atom. The second-order valence-electron chi connectivity index (χ2n) is 4.74. The zero-order chi connectivity index (χ0) is 17.0. The minimum Gasteiger partial charge on any atom is -0.449 e. The highest BCUT2D eigenvalue weighted by Crippen LogP contribution is 2.23. The molecule has 1 unspecified atom stereocenters. The van der Waals surface area contributed by atoms with E-state index >= 15 is 0 Å². The fourth-order valence-corrected chi connectivity index (χ4v) is 2.07. The summed E-state index contributed by atoms with van der Waals surface area (Å²) in [7, 11) is 0. The third kappa shape index (κ3) is 4.46. The number of halogens is 2. The molecule has 0 spiro atoms. The van der Waals surface area contributed by atoms with Crippen LogP contribution in [0.2, 0.25) is 10.0 Å². The second kappa shape index (κ2) is 7.48. The van der Waals surface area contributed by atoms with Crippen LogP contribution in [-0.2, 0) is 9.53 Å². The van der Waals surface area contributed by atoms with Gasteiger partial charge in [-0.15, -0.1) is 0 Å². The minimum absolute atomic E-state index is 0.211. The van der Waals surface area contributed by atoms with E-state index in [2.05, 4.69) is 10.5 Å². The molecule has 6 nitrogen and oxygen atoms in total. The largest absolute Gasteiger partial charge is 0.449 e. The molecule has 1 aromatic heterocycles. The molecular formula is C15H14Cl2N2O4. The molecule has 0 aliphatic carbocycles. The monoisotopic (exact) mass is 356 g/mol. The Hall–Kier alpha value is -2.05. The van der Waals surface area contributed by atoms with Crippen LogP contribution in [0, 0.1) is 6.92 Å². The summed E-state index contributed by atoms with van der Waals surface area (Å²) in [4.78, 5) is 24.2. The number of aryl methyl sites for hydroxylation is 1. The number of carbonyl (C=O) groups excluding carboxylic acids is 2. The lowest BCUT2D eigenvalue weighted by molar-refractivity contribution is -0.124. The van der Waals surface area contributed by atoms with Crippen molar-refractivity contribution in [3.63, 3.8) is 0 Å². The molecule has 122 valence electrons. The number of nitrogens with one attached hydrogen (secondary N) is 1. The molecule has 0 aliphatic heterocycles. The zero-order valence-corrected chi connectivity index (χ0v) is 13.9. The summed E-state index contributed by atoms with van der Waals surface area (Å²) in [6.45, 7) is 3.42. The van der Waals surface area contributed by atoms with Crippen LogP contribution in [0.15, 0.2) is 28.8 Å². The average molecular weight is 357 g/mol. The Morgan fingerprint density at radius 2 is 2.04 bits per heavy atom. The fourth-order valence-electron chi connectivity index (χ4n) is 1.77. The van der Waals surface area contributed by atoms with Gasteiger partial charge in [0.05, 0.1) is 15.6 Å². The van der Waals surface area contributed by atoms with Gasteiger partial charge in [0.1, 0.15) is 5.76 Å². The maximum atomic E-state index is 12.1. The van der Waals surface area contributed by atoms with Crippen LogP contribution in [0.4, 0.5) is 5.82 Å². The van der Waals surface area contributed by atoms with Gasteiger partial charge in [0.25, 0.3) is 5.91 Å². The van der Waals surface area contributed by atoms with Crippen molar-refractivity contribution in [2.75, 3.05) is 5.32 Å². The summed E-state index contributed by atoms with van der Waals surface area (Å²) >= 11 is 11.7. The van der Waals surface area contributed by atoms with E-state index in [1.807, 2.05) is 0 Å². The summed E-state index contributed by atoms with van der Waals surface area (Å²) in [5.74, 6) is -0.339. The van der Waals surface area contributed by atoms with Crippen molar-refractivity contribution in [3.8, 4) is 0 Å². The summed E-state index contributed by atoms with van der Waals surface area (Å²) < 4.78 is 10.1. The van der Waals surface area contributed by atoms with Gasteiger partial charge in [-0.1, -0.05) is 35.3 Å². The lowest BCUT2D eigenvalue weighted by Crippen LogP contribution is -2.32. The SMILES string of the molecule is CCC(OC(=O)c1ccc(Cl)c(Cl)c1)C(=O)Nc1cc(C)on1. The first-order chi connectivity index (χ1) is 10.9. The van der Waals surface area contributed by atoms with Gasteiger partial charge in [-0.2, -0.15) is 0 Å². The van der Waals surface area contributed by atoms with Crippen LogP contribution in [0.5, 0.6) is 0 Å². The number of ether oxygens (including phenoxy) is 1. The Kier molecular flexibility index (Phi) is 5.63. The Morgan fingerprint density at radius 3 is 2.61 bits per heavy atom. The van der Waals surface area contributed by atoms with Gasteiger partial charge in [0.2, 0.25) is 0 Å². The number of nitrogens with zero attached hydrogens (tertiary/aromatic N) is 1. The van der Waals surface area contributed by atoms with Crippen LogP contribution in [0.25, 0.3) is 0 Å². The second-order valence-corrected chi connectivity index (χ2v) is 5.56. The van der Waals surface area contributed by atoms with E-state index in [0.717, 1.165) is 0 Å². The van der Waals surface area contributed by atoms with Crippen LogP contribution in [0.3, 0.4) is 0 Å². The zero-order valence-electron chi connectivity index (χ0n) is 12.4. The number of rotatable bonds is 5. The molecular weight excluding hydrogens is 343 g/mol. The van der Waals surface area contributed by atoms with E-state index in [1.165, 1.54) is 18.2 Å². The number of hydrogen-bond donors (Lipinski definition) is 1. The van der Waals surface area contributed by atoms with Crippen LogP contribution >= 0.6 is 23.2 Å². The molecule has 0 saturated heterocycles. The van der Waals surface area contributed by atoms with E-state index in [1.54, 1.807) is 19.9 Å². The Labute approximate surface area is 142 Å². The quantitative estimate of drug-likeness (QED) is 0.822. The van der Waals surface area contributed by atoms with Gasteiger partial charge in [-0.3, -0.25) is 4.79 Å². The number of carbonyl (C=O) groups is 2. The standard InChI is InChI=1S/C15H14Cl2N2O4/c1-3-12(14(20)18-13-6-8(2)23-19-13)22-15(21)9-4-5-10(16)11(17)7-9/h4-7,12H,3H2,1-2H3,(H,18,19,20). The van der Waals surface area contributed by atoms with Crippen LogP contribution < -0.4 is 5.32 Å². The maximum Gasteiger partial charge on any atom is 0.338 e. The summed E-state index contributed by atoms with van der Waals surface area (Å²) in [5, 5.41) is 6.74. The molecule has 0 aliphatic rings. The smallest absolute Gasteiger partial charge is 0.338 e. The first-order valence-electron chi connectivity index (χ1n) is 6.81. The van der Waals surface area contributed by atoms with Crippen molar-refractivity contribution < 1.29 is 18.8 Å². The molecule has 1 amide bonds. The third-order valence-corrected chi connectivity index (χ3v) is 3.69. The highest BCUT2D eigenvalue weighted by atomic mass is 35.5. The molecule has 1 heterocycles. The lowest BCUT2D eigenvalue weighted by atomic mass is 10.2. The van der Waals surface area contributed by atoms with Crippen molar-refractivity contribution in [2.45, 2.75) is 26.4 Å². The number of esters is 1. The molecule has 0 bridgehead atoms. The highest BCUT2D eigenvalue weighted by Gasteiger charge is 2.23. The van der Waals surface area contributed by atoms with E-state index in [9.17, 15) is 9.59 Å². The van der Waals surface area contributed by atoms with E-state index in [0.29, 0.717) is 17.2 Å². The predicted octanol–water partition coefficient (Wildman–Crippen LogP) is 3.86. The number of aromatic nitrogens is 1. The molecule has 23 heavy (non-hydrogen) atoms. The number of benzene rings is 1. The summed E-state index contributed by atoms with van der Waals surface area (Å²) in [6, 6.07) is 5.91. The Balaban J connectivity index is 2.04. The van der Waals surface area contributed by atoms with Gasteiger partial charge >= 0.3 is 5.97 Å². The molecule has 0 saturated carbocycles. The van der Waals surface area contributed by atoms with Gasteiger partial charge in [0, 0.05) is 6.07 Å². The van der Waals surface area contributed by atoms with Crippen molar-refractivity contribution in [1.29, 1.82) is 0 Å². The maximum absolute atomic E-state index is 12.1. The average Bonchev–Trinajstić information content (AvgIpc) is 2.92. The number of hydrogen-bond acceptors (Lipinski definition) is 5. The molecule has 1 aromatic carbocycles. The molecule has 0 radical (unpaired) electrons. The number of amides is 1. The first-order valence-corrected chi connectivity index (χ1v) is 7.56. The first kappa shape index (κ1) is 17.3. The van der Waals surface area contributed by atoms with Crippen molar-refractivity contribution >= 4 is 40.9 Å². The molecule has 8 heteroatoms. The predicted molar refractivity (Wildman–Crippen MR) is 85.8 cm³/mol. The highest BCUT2D eigenvalue weighted by molar-refractivity contribution is 6.42. The van der Waals surface area contributed by atoms with E-state index in [-0.39, 0.29) is 16.4 Å². The minimum atomic E-state index is -0.964. The van der Waals surface area contributed by atoms with E-state index in [4.69, 9.17) is 32.5 Å². The van der Waals surface area contributed by atoms with Crippen molar-refractivity contribution in [2.24, 2.45) is 0 Å². The fraction of sp³-hybridized carbons (Fsp3) is 0.267. The molecule has 0 fully saturated rings. The molecule has 2 aromatic rings. The molecule has 1 N–H and O–H groups in total. The molecule has 1 atom stereocenters. The summed E-state index contributed by atoms with van der Waals surface area (Å²) in [6.07, 6.45) is -0.663. The number of anilines is 1. The summed E-state index contributed by atoms with van der Waals surface area (Å²) in [5.41, 5.74) is 0.211.